The Morgan fingerprint density at radius 1 is 1.47 bits per heavy atom. The number of hydrogen-bond donors (Lipinski definition) is 4. The summed E-state index contributed by atoms with van der Waals surface area (Å²) in [7, 11) is 0. The molecule has 3 amide bonds. The van der Waals surface area contributed by atoms with Crippen molar-refractivity contribution in [2.75, 3.05) is 5.75 Å². The van der Waals surface area contributed by atoms with E-state index in [1.54, 1.807) is 0 Å². The van der Waals surface area contributed by atoms with E-state index in [2.05, 4.69) is 16.1 Å². The van der Waals surface area contributed by atoms with Crippen LogP contribution >= 0.6 is 11.8 Å². The lowest BCUT2D eigenvalue weighted by Gasteiger charge is -2.16. The van der Waals surface area contributed by atoms with Crippen LogP contribution in [-0.4, -0.2) is 35.0 Å². The average molecular weight is 258 g/mol. The number of hydrazine groups is 1. The minimum absolute atomic E-state index is 0.0483. The predicted octanol–water partition coefficient (Wildman–Crippen LogP) is -0.298. The van der Waals surface area contributed by atoms with E-state index in [1.165, 1.54) is 0 Å². The Morgan fingerprint density at radius 3 is 3.06 bits per heavy atom. The first kappa shape index (κ1) is 12.5. The number of nitrogens with one attached hydrogen (secondary N) is 3. The standard InChI is InChI=1S/C10H18N4O2S/c11-14-8(15)4-2-1-3-7-9-6(5-17-7)12-10(16)13-9/h6-7,9H,1-5,11H2,(H,14,15)(H2,12,13,16). The second-order valence-electron chi connectivity index (χ2n) is 4.44. The van der Waals surface area contributed by atoms with E-state index in [4.69, 9.17) is 5.84 Å². The molecule has 0 spiro atoms. The maximum Gasteiger partial charge on any atom is 0.315 e. The van der Waals surface area contributed by atoms with Gasteiger partial charge in [0.15, 0.2) is 0 Å². The quantitative estimate of drug-likeness (QED) is 0.179. The Hall–Kier alpha value is -0.950. The molecule has 0 aromatic rings. The van der Waals surface area contributed by atoms with Crippen LogP contribution in [0, 0.1) is 0 Å². The van der Waals surface area contributed by atoms with E-state index >= 15 is 0 Å². The highest BCUT2D eigenvalue weighted by Crippen LogP contribution is 2.33. The van der Waals surface area contributed by atoms with Crippen molar-refractivity contribution < 1.29 is 9.59 Å². The third kappa shape index (κ3) is 3.04. The molecule has 2 fully saturated rings. The van der Waals surface area contributed by atoms with Crippen molar-refractivity contribution in [1.82, 2.24) is 16.1 Å². The number of unbranched alkanes of at least 4 members (excludes halogenated alkanes) is 1. The molecule has 0 radical (unpaired) electrons. The number of hydrogen-bond acceptors (Lipinski definition) is 4. The lowest BCUT2D eigenvalue weighted by Crippen LogP contribution is -2.36. The van der Waals surface area contributed by atoms with Gasteiger partial charge in [-0.25, -0.2) is 10.6 Å². The zero-order valence-electron chi connectivity index (χ0n) is 9.57. The van der Waals surface area contributed by atoms with Gasteiger partial charge in [-0.05, 0) is 12.8 Å². The zero-order valence-corrected chi connectivity index (χ0v) is 10.4. The molecule has 2 aliphatic heterocycles. The average Bonchev–Trinajstić information content (AvgIpc) is 2.84. The highest BCUT2D eigenvalue weighted by atomic mass is 32.2. The molecule has 96 valence electrons. The summed E-state index contributed by atoms with van der Waals surface area (Å²) in [6.07, 6.45) is 3.35. The number of amides is 3. The summed E-state index contributed by atoms with van der Waals surface area (Å²) in [5.41, 5.74) is 2.13. The van der Waals surface area contributed by atoms with Gasteiger partial charge >= 0.3 is 6.03 Å². The van der Waals surface area contributed by atoms with Crippen molar-refractivity contribution >= 4 is 23.7 Å². The first-order valence-corrected chi connectivity index (χ1v) is 6.93. The molecule has 3 unspecified atom stereocenters. The minimum atomic E-state index is -0.113. The van der Waals surface area contributed by atoms with Gasteiger partial charge < -0.3 is 10.6 Å². The summed E-state index contributed by atoms with van der Waals surface area (Å²) < 4.78 is 0. The molecule has 2 rings (SSSR count). The zero-order chi connectivity index (χ0) is 12.3. The third-order valence-electron chi connectivity index (χ3n) is 3.24. The molecule has 0 aliphatic carbocycles. The fourth-order valence-corrected chi connectivity index (χ4v) is 3.89. The van der Waals surface area contributed by atoms with Crippen LogP contribution < -0.4 is 21.9 Å². The maximum absolute atomic E-state index is 11.2. The molecule has 17 heavy (non-hydrogen) atoms. The largest absolute Gasteiger partial charge is 0.332 e. The summed E-state index contributed by atoms with van der Waals surface area (Å²) in [5, 5.41) is 6.34. The summed E-state index contributed by atoms with van der Waals surface area (Å²) in [6, 6.07) is 0.494. The summed E-state index contributed by atoms with van der Waals surface area (Å²) in [6.45, 7) is 0. The first-order valence-electron chi connectivity index (χ1n) is 5.89. The molecule has 0 aromatic heterocycles. The number of rotatable bonds is 5. The molecular formula is C10H18N4O2S. The lowest BCUT2D eigenvalue weighted by molar-refractivity contribution is -0.121. The van der Waals surface area contributed by atoms with Crippen LogP contribution in [0.5, 0.6) is 0 Å². The van der Waals surface area contributed by atoms with Gasteiger partial charge in [0.1, 0.15) is 0 Å². The third-order valence-corrected chi connectivity index (χ3v) is 4.75. The topological polar surface area (TPSA) is 96.2 Å². The second-order valence-corrected chi connectivity index (χ2v) is 5.71. The van der Waals surface area contributed by atoms with Crippen LogP contribution in [0.1, 0.15) is 25.7 Å². The maximum atomic E-state index is 11.2. The van der Waals surface area contributed by atoms with Crippen LogP contribution in [0.3, 0.4) is 0 Å². The summed E-state index contributed by atoms with van der Waals surface area (Å²) in [5.74, 6) is 5.87. The van der Waals surface area contributed by atoms with Gasteiger partial charge in [0.25, 0.3) is 0 Å². The van der Waals surface area contributed by atoms with Crippen LogP contribution in [0.2, 0.25) is 0 Å². The number of carbonyl (C=O) groups is 2. The van der Waals surface area contributed by atoms with Gasteiger partial charge in [-0.1, -0.05) is 6.42 Å². The number of fused-ring (bicyclic) bond motifs is 1. The smallest absolute Gasteiger partial charge is 0.315 e. The SMILES string of the molecule is NNC(=O)CCCCC1SCC2NC(=O)NC21. The Balaban J connectivity index is 1.66. The van der Waals surface area contributed by atoms with Gasteiger partial charge in [-0.15, -0.1) is 0 Å². The highest BCUT2D eigenvalue weighted by Gasteiger charge is 2.42. The molecule has 7 heteroatoms. The summed E-state index contributed by atoms with van der Waals surface area (Å²) in [4.78, 5) is 22.1. The molecule has 3 atom stereocenters. The van der Waals surface area contributed by atoms with Crippen LogP contribution in [-0.2, 0) is 4.79 Å². The van der Waals surface area contributed by atoms with Crippen molar-refractivity contribution in [3.05, 3.63) is 0 Å². The molecule has 2 aliphatic rings. The molecule has 0 saturated carbocycles. The highest BCUT2D eigenvalue weighted by molar-refractivity contribution is 8.00. The molecular weight excluding hydrogens is 240 g/mol. The fraction of sp³-hybridized carbons (Fsp3) is 0.800. The van der Waals surface area contributed by atoms with Gasteiger partial charge in [0.2, 0.25) is 5.91 Å². The van der Waals surface area contributed by atoms with Crippen molar-refractivity contribution in [2.24, 2.45) is 5.84 Å². The Morgan fingerprint density at radius 2 is 2.29 bits per heavy atom. The number of carbonyl (C=O) groups excluding carboxylic acids is 2. The number of urea groups is 1. The Bertz CT molecular complexity index is 313. The minimum Gasteiger partial charge on any atom is -0.332 e. The Kier molecular flexibility index (Phi) is 4.11. The van der Waals surface area contributed by atoms with E-state index in [0.717, 1.165) is 25.0 Å². The van der Waals surface area contributed by atoms with Gasteiger partial charge in [-0.2, -0.15) is 11.8 Å². The lowest BCUT2D eigenvalue weighted by atomic mass is 10.0. The normalized spacial score (nSPS) is 30.6. The van der Waals surface area contributed by atoms with E-state index in [0.29, 0.717) is 11.7 Å². The monoisotopic (exact) mass is 258 g/mol. The molecule has 0 aromatic carbocycles. The number of nitrogens with two attached hydrogens (primary N) is 1. The van der Waals surface area contributed by atoms with Gasteiger partial charge in [0, 0.05) is 17.4 Å². The van der Waals surface area contributed by atoms with Crippen LogP contribution in [0.25, 0.3) is 0 Å². The van der Waals surface area contributed by atoms with E-state index in [1.807, 2.05) is 11.8 Å². The van der Waals surface area contributed by atoms with Crippen molar-refractivity contribution in [1.29, 1.82) is 0 Å². The van der Waals surface area contributed by atoms with E-state index in [9.17, 15) is 9.59 Å². The van der Waals surface area contributed by atoms with Crippen molar-refractivity contribution in [2.45, 2.75) is 43.0 Å². The first-order chi connectivity index (χ1) is 8.20. The molecule has 6 nitrogen and oxygen atoms in total. The van der Waals surface area contributed by atoms with Crippen LogP contribution in [0.15, 0.2) is 0 Å². The fourth-order valence-electron chi connectivity index (χ4n) is 2.35. The van der Waals surface area contributed by atoms with Gasteiger partial charge in [-0.3, -0.25) is 10.2 Å². The van der Waals surface area contributed by atoms with E-state index in [-0.39, 0.29) is 24.0 Å². The van der Waals surface area contributed by atoms with E-state index < -0.39 is 0 Å². The van der Waals surface area contributed by atoms with Crippen LogP contribution in [0.4, 0.5) is 4.79 Å². The van der Waals surface area contributed by atoms with Crippen molar-refractivity contribution in [3.63, 3.8) is 0 Å². The molecule has 2 heterocycles. The molecule has 2 saturated heterocycles. The number of thioether (sulfide) groups is 1. The molecule has 0 bridgehead atoms. The predicted molar refractivity (Wildman–Crippen MR) is 66.3 cm³/mol. The van der Waals surface area contributed by atoms with Crippen molar-refractivity contribution in [3.8, 4) is 0 Å². The second kappa shape index (κ2) is 5.59. The summed E-state index contributed by atoms with van der Waals surface area (Å²) >= 11 is 1.90. The Labute approximate surface area is 104 Å². The molecule has 5 N–H and O–H groups in total. The van der Waals surface area contributed by atoms with Gasteiger partial charge in [0.05, 0.1) is 12.1 Å².